The number of nitrogens with one attached hydrogen (secondary N) is 1. The van der Waals surface area contributed by atoms with Crippen LogP contribution in [0, 0.1) is 6.92 Å². The van der Waals surface area contributed by atoms with E-state index in [9.17, 15) is 14.4 Å². The maximum atomic E-state index is 12.5. The molecular formula is C20H18N2O4S2. The van der Waals surface area contributed by atoms with E-state index in [-0.39, 0.29) is 18.3 Å². The van der Waals surface area contributed by atoms with Gasteiger partial charge in [0.2, 0.25) is 11.7 Å². The first kappa shape index (κ1) is 19.9. The molecule has 0 aliphatic heterocycles. The van der Waals surface area contributed by atoms with Gasteiger partial charge >= 0.3 is 5.97 Å². The number of hydrogen-bond donors (Lipinski definition) is 1. The molecule has 0 atom stereocenters. The number of ketones is 1. The number of amides is 1. The van der Waals surface area contributed by atoms with Gasteiger partial charge in [-0.3, -0.25) is 9.59 Å². The van der Waals surface area contributed by atoms with Crippen LogP contribution in [0.2, 0.25) is 0 Å². The van der Waals surface area contributed by atoms with Crippen molar-refractivity contribution in [2.75, 3.05) is 6.61 Å². The molecule has 0 bridgehead atoms. The van der Waals surface area contributed by atoms with Gasteiger partial charge in [-0.05, 0) is 19.1 Å². The fourth-order valence-corrected chi connectivity index (χ4v) is 4.17. The van der Waals surface area contributed by atoms with Crippen molar-refractivity contribution in [2.24, 2.45) is 0 Å². The lowest BCUT2D eigenvalue weighted by molar-refractivity contribution is -0.119. The second kappa shape index (κ2) is 8.90. The molecule has 0 aliphatic carbocycles. The normalized spacial score (nSPS) is 10.5. The average molecular weight is 415 g/mol. The Morgan fingerprint density at radius 2 is 1.82 bits per heavy atom. The summed E-state index contributed by atoms with van der Waals surface area (Å²) in [6, 6.07) is 12.8. The van der Waals surface area contributed by atoms with Gasteiger partial charge in [-0.1, -0.05) is 30.3 Å². The van der Waals surface area contributed by atoms with E-state index in [1.165, 1.54) is 29.6 Å². The molecule has 0 saturated heterocycles. The van der Waals surface area contributed by atoms with Crippen molar-refractivity contribution in [3.8, 4) is 11.3 Å². The largest absolute Gasteiger partial charge is 0.453 e. The first-order valence-corrected chi connectivity index (χ1v) is 10.1. The number of esters is 1. The molecule has 1 amide bonds. The maximum Gasteiger partial charge on any atom is 0.351 e. The number of aromatic nitrogens is 1. The molecule has 0 saturated carbocycles. The van der Waals surface area contributed by atoms with Crippen molar-refractivity contribution in [1.82, 2.24) is 10.3 Å². The topological polar surface area (TPSA) is 85.4 Å². The van der Waals surface area contributed by atoms with Gasteiger partial charge in [-0.25, -0.2) is 9.78 Å². The highest BCUT2D eigenvalue weighted by atomic mass is 32.1. The van der Waals surface area contributed by atoms with Crippen molar-refractivity contribution < 1.29 is 19.1 Å². The molecule has 0 unspecified atom stereocenters. The molecule has 0 radical (unpaired) electrons. The number of nitrogens with zero attached hydrogens (tertiary/aromatic N) is 1. The highest BCUT2D eigenvalue weighted by Gasteiger charge is 2.21. The molecule has 8 heteroatoms. The van der Waals surface area contributed by atoms with Crippen molar-refractivity contribution in [3.05, 3.63) is 62.1 Å². The first-order valence-electron chi connectivity index (χ1n) is 8.50. The fraction of sp³-hybridized carbons (Fsp3) is 0.200. The van der Waals surface area contributed by atoms with Crippen molar-refractivity contribution in [2.45, 2.75) is 20.4 Å². The van der Waals surface area contributed by atoms with Gasteiger partial charge in [-0.2, -0.15) is 0 Å². The average Bonchev–Trinajstić information content (AvgIpc) is 3.31. The molecule has 144 valence electrons. The molecule has 2 aromatic heterocycles. The molecular weight excluding hydrogens is 396 g/mol. The fourth-order valence-electron chi connectivity index (χ4n) is 2.46. The number of thiazole rings is 1. The molecule has 0 spiro atoms. The number of benzene rings is 1. The number of carbonyl (C=O) groups excluding carboxylic acids is 3. The van der Waals surface area contributed by atoms with E-state index in [2.05, 4.69) is 10.3 Å². The summed E-state index contributed by atoms with van der Waals surface area (Å²) >= 11 is 2.51. The summed E-state index contributed by atoms with van der Waals surface area (Å²) in [5.41, 5.74) is 1.39. The van der Waals surface area contributed by atoms with Crippen molar-refractivity contribution in [3.63, 3.8) is 0 Å². The summed E-state index contributed by atoms with van der Waals surface area (Å²) in [6.45, 7) is 3.28. The van der Waals surface area contributed by atoms with Crippen LogP contribution in [0.25, 0.3) is 11.3 Å². The van der Waals surface area contributed by atoms with Crippen LogP contribution in [0.15, 0.2) is 42.5 Å². The Bertz CT molecular complexity index is 1010. The molecule has 3 rings (SSSR count). The van der Waals surface area contributed by atoms with Crippen LogP contribution < -0.4 is 5.32 Å². The van der Waals surface area contributed by atoms with E-state index in [0.29, 0.717) is 22.0 Å². The van der Waals surface area contributed by atoms with Gasteiger partial charge in [0.1, 0.15) is 4.88 Å². The monoisotopic (exact) mass is 414 g/mol. The third kappa shape index (κ3) is 4.90. The van der Waals surface area contributed by atoms with Gasteiger partial charge in [0, 0.05) is 17.4 Å². The van der Waals surface area contributed by atoms with Gasteiger partial charge < -0.3 is 10.1 Å². The quantitative estimate of drug-likeness (QED) is 0.469. The molecule has 0 fully saturated rings. The number of Topliss-reactive ketones (excluding diaryl/α,β-unsaturated/α-hetero) is 1. The Labute approximate surface area is 170 Å². The smallest absolute Gasteiger partial charge is 0.351 e. The third-order valence-electron chi connectivity index (χ3n) is 3.75. The molecule has 1 aromatic carbocycles. The second-order valence-corrected chi connectivity index (χ2v) is 8.32. The second-order valence-electron chi connectivity index (χ2n) is 5.95. The summed E-state index contributed by atoms with van der Waals surface area (Å²) in [6.07, 6.45) is 0. The van der Waals surface area contributed by atoms with E-state index >= 15 is 0 Å². The Morgan fingerprint density at radius 3 is 2.54 bits per heavy atom. The minimum atomic E-state index is -0.562. The van der Waals surface area contributed by atoms with Crippen molar-refractivity contribution in [1.29, 1.82) is 0 Å². The minimum Gasteiger partial charge on any atom is -0.453 e. The lowest BCUT2D eigenvalue weighted by atomic mass is 10.1. The van der Waals surface area contributed by atoms with Crippen LogP contribution in [-0.4, -0.2) is 29.3 Å². The molecule has 6 nitrogen and oxygen atoms in total. The highest BCUT2D eigenvalue weighted by Crippen LogP contribution is 2.28. The van der Waals surface area contributed by atoms with E-state index in [0.717, 1.165) is 15.4 Å². The number of ether oxygens (including phenoxy) is 1. The third-order valence-corrected chi connectivity index (χ3v) is 5.83. The maximum absolute atomic E-state index is 12.5. The van der Waals surface area contributed by atoms with Crippen LogP contribution >= 0.6 is 22.7 Å². The zero-order chi connectivity index (χ0) is 20.1. The van der Waals surface area contributed by atoms with Crippen molar-refractivity contribution >= 4 is 40.3 Å². The van der Waals surface area contributed by atoms with E-state index < -0.39 is 5.97 Å². The molecule has 3 aromatic rings. The van der Waals surface area contributed by atoms with Gasteiger partial charge in [0.15, 0.2) is 6.61 Å². The minimum absolute atomic E-state index is 0.135. The number of carbonyl (C=O) groups is 3. The first-order chi connectivity index (χ1) is 13.4. The molecule has 0 aliphatic rings. The number of hydrogen-bond acceptors (Lipinski definition) is 7. The van der Waals surface area contributed by atoms with Crippen LogP contribution in [0.1, 0.15) is 36.2 Å². The lowest BCUT2D eigenvalue weighted by Crippen LogP contribution is -2.18. The van der Waals surface area contributed by atoms with Gasteiger partial charge in [0.25, 0.3) is 0 Å². The predicted molar refractivity (Wildman–Crippen MR) is 109 cm³/mol. The summed E-state index contributed by atoms with van der Waals surface area (Å²) in [4.78, 5) is 42.0. The predicted octanol–water partition coefficient (Wildman–Crippen LogP) is 3.86. The Hall–Kier alpha value is -2.84. The summed E-state index contributed by atoms with van der Waals surface area (Å²) in [5, 5.41) is 3.43. The standard InChI is InChI=1S/C20H18N2O4S2/c1-12(23)21-10-15-8-9-17(28-15)16(24)11-26-20(25)19-18(22-13(2)27-19)14-6-4-3-5-7-14/h3-9H,10-11H2,1-2H3,(H,21,23). The van der Waals surface area contributed by atoms with E-state index in [4.69, 9.17) is 4.74 Å². The van der Waals surface area contributed by atoms with Gasteiger partial charge in [0.05, 0.1) is 22.1 Å². The Kier molecular flexibility index (Phi) is 6.33. The zero-order valence-corrected chi connectivity index (χ0v) is 17.0. The zero-order valence-electron chi connectivity index (χ0n) is 15.4. The number of thiophene rings is 1. The van der Waals surface area contributed by atoms with Crippen LogP contribution in [-0.2, 0) is 16.1 Å². The Balaban J connectivity index is 1.65. The SMILES string of the molecule is CC(=O)NCc1ccc(C(=O)COC(=O)c2sc(C)nc2-c2ccccc2)s1. The van der Waals surface area contributed by atoms with Gasteiger partial charge in [-0.15, -0.1) is 22.7 Å². The van der Waals surface area contributed by atoms with Crippen LogP contribution in [0.5, 0.6) is 0 Å². The number of rotatable bonds is 7. The Morgan fingerprint density at radius 1 is 1.07 bits per heavy atom. The summed E-state index contributed by atoms with van der Waals surface area (Å²) in [5.74, 6) is -0.980. The highest BCUT2D eigenvalue weighted by molar-refractivity contribution is 7.14. The molecule has 1 N–H and O–H groups in total. The summed E-state index contributed by atoms with van der Waals surface area (Å²) < 4.78 is 5.25. The van der Waals surface area contributed by atoms with E-state index in [1.54, 1.807) is 12.1 Å². The summed E-state index contributed by atoms with van der Waals surface area (Å²) in [7, 11) is 0. The molecule has 28 heavy (non-hydrogen) atoms. The van der Waals surface area contributed by atoms with Crippen LogP contribution in [0.3, 0.4) is 0 Å². The molecule has 2 heterocycles. The van der Waals surface area contributed by atoms with Crippen LogP contribution in [0.4, 0.5) is 0 Å². The van der Waals surface area contributed by atoms with E-state index in [1.807, 2.05) is 37.3 Å². The lowest BCUT2D eigenvalue weighted by Gasteiger charge is -2.04. The number of aryl methyl sites for hydroxylation is 1.